The second kappa shape index (κ2) is 36.8. The summed E-state index contributed by atoms with van der Waals surface area (Å²) < 4.78 is 35.8. The molecular weight excluding hydrogens is 1500 g/mol. The number of carboxylic acids is 2. The maximum Gasteiger partial charge on any atom is 0.416 e. The van der Waals surface area contributed by atoms with E-state index in [2.05, 4.69) is 30.4 Å². The summed E-state index contributed by atoms with van der Waals surface area (Å²) in [5, 5.41) is 55.0. The number of benzene rings is 3. The number of aliphatic hydroxyl groups is 3. The molecule has 9 heterocycles. The zero-order valence-corrected chi connectivity index (χ0v) is 63.2. The Morgan fingerprint density at radius 2 is 0.748 bits per heavy atom. The first-order valence-corrected chi connectivity index (χ1v) is 35.2. The number of carboxylic acid groups (broad SMARTS) is 2. The number of nitrogens with two attached hydrogens (primary N) is 1. The molecule has 6 aromatic rings. The third-order valence-electron chi connectivity index (χ3n) is 18.7. The highest BCUT2D eigenvalue weighted by Crippen LogP contribution is 2.44. The van der Waals surface area contributed by atoms with Gasteiger partial charge in [0.1, 0.15) is 71.2 Å². The highest BCUT2D eigenvalue weighted by atomic mass is 35.5. The number of fused-ring (bicyclic) bond motifs is 6. The lowest BCUT2D eigenvalue weighted by Gasteiger charge is -2.31. The molecule has 8 amide bonds. The smallest absolute Gasteiger partial charge is 0.416 e. The van der Waals surface area contributed by atoms with Crippen LogP contribution in [0.15, 0.2) is 111 Å². The van der Waals surface area contributed by atoms with Gasteiger partial charge < -0.3 is 98.7 Å². The van der Waals surface area contributed by atoms with Crippen LogP contribution in [-0.4, -0.2) is 222 Å². The van der Waals surface area contributed by atoms with Gasteiger partial charge in [-0.25, -0.2) is 38.7 Å². The Labute approximate surface area is 645 Å². The number of amides is 8. The summed E-state index contributed by atoms with van der Waals surface area (Å²) in [6.45, 7) is 15.5. The third-order valence-corrected chi connectivity index (χ3v) is 19.1. The summed E-state index contributed by atoms with van der Waals surface area (Å²) in [6, 6.07) is 14.7. The molecule has 6 aliphatic rings. The minimum Gasteiger partial charge on any atom is -0.495 e. The first-order valence-electron chi connectivity index (χ1n) is 34.5. The Morgan fingerprint density at radius 1 is 0.468 bits per heavy atom. The molecule has 12 rings (SSSR count). The number of hydrogen-bond acceptors (Lipinski definition) is 22. The third kappa shape index (κ3) is 17.5. The van der Waals surface area contributed by atoms with E-state index in [1.807, 2.05) is 13.8 Å². The number of nitrogens with one attached hydrogen (secondary N) is 2. The minimum atomic E-state index is -1.46. The molecule has 3 fully saturated rings. The fourth-order valence-electron chi connectivity index (χ4n) is 13.4. The van der Waals surface area contributed by atoms with Crippen LogP contribution in [0.4, 0.5) is 48.5 Å². The summed E-state index contributed by atoms with van der Waals surface area (Å²) >= 11 is 10.4. The number of carbonyl (C=O) groups excluding carboxylic acids is 10. The number of methoxy groups -OCH3 is 3. The second-order valence-electron chi connectivity index (χ2n) is 24.9. The van der Waals surface area contributed by atoms with Gasteiger partial charge in [0.2, 0.25) is 0 Å². The monoisotopic (exact) mass is 1580 g/mol. The van der Waals surface area contributed by atoms with E-state index < -0.39 is 101 Å². The number of aromatic carboxylic acids is 2. The standard InChI is InChI=1S/C41H45N7O12.C17H21N3O5.C7H5Cl2NO2.C7H7NO4.C2H6/c1-6-16-59-40(55)47-30-20-24(32(57-4)18-22(30)36(51)45-14-8-10-28(45)38(47)53)42-34(49)26-12-13-27(44(26)3)35(50)43-25-21-31-23(19-33(25)58-5)37(52)46-15-9-11-29(46)39(54)48(31)41(56)60-17-7-2;1-3-7-25-17(23)20-13-9-11(18)14(24-2)8-10(13)15(21)19-6-4-5-12(19)16(20)22;1-10-4(6(8)11)2-3-5(10)7(9)12;1-8-4(6(9)10)2-3-5(8)7(11)12;1-2/h6-7,12-13,18-21,28-29,38-39,53-54H,1-2,8-11,14-17H2,3-5H3,(H,42,49)(H,43,50);3,8-9,12,16,22H,1,4-7,18H2,2H3;2-3H,1H3;2-3H,1H3,(H,9,10)(H,11,12);1-2H3/t28-,29-,38-,39-;12-,16-;;;/m00.../s1. The number of nitrogens with zero attached hydrogens (tertiary/aromatic N) is 9. The molecule has 37 heteroatoms. The van der Waals surface area contributed by atoms with E-state index >= 15 is 0 Å². The van der Waals surface area contributed by atoms with Crippen molar-refractivity contribution in [1.29, 1.82) is 0 Å². The Morgan fingerprint density at radius 3 is 1.03 bits per heavy atom. The minimum absolute atomic E-state index is 0.00858. The van der Waals surface area contributed by atoms with E-state index in [-0.39, 0.29) is 122 Å². The van der Waals surface area contributed by atoms with Gasteiger partial charge in [-0.3, -0.25) is 33.6 Å². The quantitative estimate of drug-likeness (QED) is 0.0184. The van der Waals surface area contributed by atoms with Crippen molar-refractivity contribution in [2.75, 3.05) is 91.9 Å². The summed E-state index contributed by atoms with van der Waals surface area (Å²) in [6.07, 6.45) is 0.868. The molecule has 0 aliphatic carbocycles. The van der Waals surface area contributed by atoms with Crippen molar-refractivity contribution in [2.45, 2.75) is 89.2 Å². The lowest BCUT2D eigenvalue weighted by molar-refractivity contribution is 0.0495. The van der Waals surface area contributed by atoms with Gasteiger partial charge in [0.25, 0.3) is 40.0 Å². The fraction of sp³-hybridized carbons (Fsp3) is 0.351. The molecule has 0 saturated carbocycles. The van der Waals surface area contributed by atoms with Gasteiger partial charge in [-0.05, 0) is 135 Å². The van der Waals surface area contributed by atoms with Crippen molar-refractivity contribution in [2.24, 2.45) is 21.1 Å². The molecule has 0 spiro atoms. The van der Waals surface area contributed by atoms with Crippen LogP contribution in [0, 0.1) is 0 Å². The molecule has 0 radical (unpaired) electrons. The van der Waals surface area contributed by atoms with Crippen LogP contribution < -0.4 is 45.3 Å². The van der Waals surface area contributed by atoms with Crippen molar-refractivity contribution in [1.82, 2.24) is 28.4 Å². The maximum atomic E-state index is 13.9. The predicted octanol–water partition coefficient (Wildman–Crippen LogP) is 8.25. The largest absolute Gasteiger partial charge is 0.495 e. The maximum absolute atomic E-state index is 13.9. The van der Waals surface area contributed by atoms with Gasteiger partial charge in [0, 0.05) is 40.8 Å². The zero-order valence-electron chi connectivity index (χ0n) is 61.7. The highest BCUT2D eigenvalue weighted by Gasteiger charge is 2.49. The van der Waals surface area contributed by atoms with E-state index in [0.717, 1.165) is 25.7 Å². The van der Waals surface area contributed by atoms with Gasteiger partial charge in [-0.2, -0.15) is 0 Å². The molecule has 592 valence electrons. The Kier molecular flexibility index (Phi) is 28.0. The molecule has 0 unspecified atom stereocenters. The van der Waals surface area contributed by atoms with Crippen LogP contribution >= 0.6 is 23.2 Å². The number of hydrogen-bond donors (Lipinski definition) is 8. The highest BCUT2D eigenvalue weighted by molar-refractivity contribution is 6.68. The molecule has 3 aromatic heterocycles. The van der Waals surface area contributed by atoms with Crippen LogP contribution in [0.5, 0.6) is 17.2 Å². The molecular formula is C74H84Cl2N12O23. The first kappa shape index (κ1) is 84.4. The van der Waals surface area contributed by atoms with Crippen LogP contribution in [0.25, 0.3) is 0 Å². The van der Waals surface area contributed by atoms with Gasteiger partial charge in [0.15, 0.2) is 18.7 Å². The Bertz CT molecular complexity index is 4380. The summed E-state index contributed by atoms with van der Waals surface area (Å²) in [5.41, 5.74) is 7.25. The molecule has 6 aliphatic heterocycles. The van der Waals surface area contributed by atoms with E-state index in [4.69, 9.17) is 67.6 Å². The average molecular weight is 1580 g/mol. The number of aromatic nitrogens is 3. The number of halogens is 2. The second-order valence-corrected chi connectivity index (χ2v) is 25.6. The van der Waals surface area contributed by atoms with Crippen molar-refractivity contribution in [3.05, 3.63) is 162 Å². The Balaban J connectivity index is 0.000000244. The lowest BCUT2D eigenvalue weighted by Crippen LogP contribution is -2.50. The molecule has 111 heavy (non-hydrogen) atoms. The average Bonchev–Trinajstić information content (AvgIpc) is 1.64. The molecule has 0 bridgehead atoms. The van der Waals surface area contributed by atoms with Crippen LogP contribution in [0.3, 0.4) is 0 Å². The molecule has 9 N–H and O–H groups in total. The van der Waals surface area contributed by atoms with Crippen LogP contribution in [0.1, 0.15) is 146 Å². The number of carbonyl (C=O) groups is 12. The van der Waals surface area contributed by atoms with Gasteiger partial charge >= 0.3 is 30.2 Å². The van der Waals surface area contributed by atoms with Gasteiger partial charge in [-0.1, -0.05) is 51.8 Å². The van der Waals surface area contributed by atoms with Crippen LogP contribution in [-0.2, 0) is 35.4 Å². The van der Waals surface area contributed by atoms with E-state index in [9.17, 15) is 72.9 Å². The summed E-state index contributed by atoms with van der Waals surface area (Å²) in [4.78, 5) is 157. The number of anilines is 6. The van der Waals surface area contributed by atoms with Crippen molar-refractivity contribution in [3.63, 3.8) is 0 Å². The molecule has 35 nitrogen and oxygen atoms in total. The lowest BCUT2D eigenvalue weighted by atomic mass is 10.1. The number of rotatable bonds is 17. The molecule has 3 aromatic carbocycles. The van der Waals surface area contributed by atoms with Gasteiger partial charge in [-0.15, -0.1) is 0 Å². The van der Waals surface area contributed by atoms with Crippen LogP contribution in [0.2, 0.25) is 0 Å². The van der Waals surface area contributed by atoms with E-state index in [1.54, 1.807) is 11.9 Å². The SMILES string of the molecule is C=CCOC(=O)N1c2cc(N)c(OC)cc2C(=O)N2CCC[C@H]2[C@@H]1O.C=CCOC(=O)N1c2cc(NC(=O)c3ccc(C(=O)Nc4cc5c(cc4OC)C(=O)N4CCC[C@H]4[C@H](O)N5C(=O)OCC=C)n3C)c(OC)cc2C(=O)N2CCC[C@H]2[C@@H]1O.CC.Cn1c(C(=O)Cl)ccc1C(=O)Cl.Cn1c(C(=O)O)ccc1C(=O)O. The number of aliphatic hydroxyl groups excluding tert-OH is 3. The fourth-order valence-corrected chi connectivity index (χ4v) is 13.8. The summed E-state index contributed by atoms with van der Waals surface area (Å²) in [7, 11) is 8.55. The first-order chi connectivity index (χ1) is 52.9. The van der Waals surface area contributed by atoms with Crippen molar-refractivity contribution < 1.29 is 111 Å². The number of nitrogen functional groups attached to an aromatic ring is 1. The van der Waals surface area contributed by atoms with Crippen molar-refractivity contribution in [3.8, 4) is 17.2 Å². The van der Waals surface area contributed by atoms with E-state index in [0.29, 0.717) is 57.5 Å². The Hall–Kier alpha value is -12.2. The van der Waals surface area contributed by atoms with Gasteiger partial charge in [0.05, 0.1) is 90.3 Å². The topological polar surface area (TPSA) is 446 Å². The summed E-state index contributed by atoms with van der Waals surface area (Å²) in [5.74, 6) is -4.33. The molecule has 3 saturated heterocycles. The van der Waals surface area contributed by atoms with Crippen molar-refractivity contribution >= 4 is 128 Å². The molecule has 6 atom stereocenters. The normalized spacial score (nSPS) is 18.2. The predicted molar refractivity (Wildman–Crippen MR) is 403 cm³/mol. The zero-order chi connectivity index (χ0) is 81.7. The van der Waals surface area contributed by atoms with E-state index in [1.165, 1.54) is 145 Å². The number of ether oxygens (including phenoxy) is 6.